The average Bonchev–Trinajstić information content (AvgIpc) is 2.70. The highest BCUT2D eigenvalue weighted by Crippen LogP contribution is 2.26. The van der Waals surface area contributed by atoms with Crippen LogP contribution in [0.3, 0.4) is 0 Å². The van der Waals surface area contributed by atoms with Crippen molar-refractivity contribution in [3.8, 4) is 0 Å². The van der Waals surface area contributed by atoms with E-state index in [4.69, 9.17) is 5.73 Å². The lowest BCUT2D eigenvalue weighted by atomic mass is 10.2. The number of thioether (sulfide) groups is 1. The molecule has 0 saturated heterocycles. The van der Waals surface area contributed by atoms with E-state index < -0.39 is 52.4 Å². The van der Waals surface area contributed by atoms with Gasteiger partial charge in [-0.1, -0.05) is 11.8 Å². The lowest BCUT2D eigenvalue weighted by molar-refractivity contribution is -0.121. The monoisotopic (exact) mass is 321 g/mol. The van der Waals surface area contributed by atoms with Gasteiger partial charge in [-0.2, -0.15) is 4.99 Å². The second-order valence-electron chi connectivity index (χ2n) is 3.99. The van der Waals surface area contributed by atoms with Crippen LogP contribution in [0.4, 0.5) is 23.2 Å². The van der Waals surface area contributed by atoms with Crippen LogP contribution in [-0.4, -0.2) is 22.2 Å². The van der Waals surface area contributed by atoms with Gasteiger partial charge in [0, 0.05) is 12.5 Å². The fourth-order valence-electron chi connectivity index (χ4n) is 1.57. The van der Waals surface area contributed by atoms with Crippen molar-refractivity contribution in [3.63, 3.8) is 0 Å². The van der Waals surface area contributed by atoms with Gasteiger partial charge in [-0.25, -0.2) is 17.6 Å². The molecule has 0 spiro atoms. The Bertz CT molecular complexity index is 639. The van der Waals surface area contributed by atoms with Crippen LogP contribution in [-0.2, 0) is 9.59 Å². The number of benzene rings is 1. The van der Waals surface area contributed by atoms with Crippen molar-refractivity contribution >= 4 is 34.4 Å². The number of halogens is 4. The third-order valence-electron chi connectivity index (χ3n) is 2.51. The second-order valence-corrected chi connectivity index (χ2v) is 5.21. The van der Waals surface area contributed by atoms with Crippen LogP contribution < -0.4 is 11.1 Å². The standard InChI is InChI=1S/C11H7F4N3O2S/c12-3-1-4(13)8(15)9(7(3)14)17-6(19)2-5-10(20)18-11(16)21-5/h1,5H,2H2,(H,17,19)(H2,16,18,20)/t5-/m1/s1. The molecule has 1 atom stereocenters. The topological polar surface area (TPSA) is 84.5 Å². The second kappa shape index (κ2) is 5.72. The zero-order valence-corrected chi connectivity index (χ0v) is 10.9. The van der Waals surface area contributed by atoms with Crippen molar-refractivity contribution in [3.05, 3.63) is 29.3 Å². The third kappa shape index (κ3) is 3.15. The van der Waals surface area contributed by atoms with Gasteiger partial charge in [0.25, 0.3) is 5.91 Å². The summed E-state index contributed by atoms with van der Waals surface area (Å²) in [5.74, 6) is -8.44. The molecule has 0 aromatic heterocycles. The highest BCUT2D eigenvalue weighted by Gasteiger charge is 2.30. The Labute approximate surface area is 119 Å². The molecule has 0 aliphatic carbocycles. The summed E-state index contributed by atoms with van der Waals surface area (Å²) in [6.07, 6.45) is -0.495. The molecule has 0 bridgehead atoms. The van der Waals surface area contributed by atoms with E-state index in [2.05, 4.69) is 4.99 Å². The molecular formula is C11H7F4N3O2S. The SMILES string of the molecule is NC1=NC(=O)[C@@H](CC(=O)Nc2c(F)c(F)cc(F)c2F)S1. The van der Waals surface area contributed by atoms with Gasteiger partial charge >= 0.3 is 0 Å². The van der Waals surface area contributed by atoms with Crippen LogP contribution in [0.15, 0.2) is 11.1 Å². The van der Waals surface area contributed by atoms with E-state index >= 15 is 0 Å². The first-order valence-electron chi connectivity index (χ1n) is 5.47. The first-order valence-corrected chi connectivity index (χ1v) is 6.35. The maximum absolute atomic E-state index is 13.3. The average molecular weight is 321 g/mol. The van der Waals surface area contributed by atoms with E-state index in [-0.39, 0.29) is 11.2 Å². The van der Waals surface area contributed by atoms with Gasteiger partial charge in [-0.15, -0.1) is 0 Å². The smallest absolute Gasteiger partial charge is 0.262 e. The van der Waals surface area contributed by atoms with Crippen LogP contribution in [0.25, 0.3) is 0 Å². The Balaban J connectivity index is 2.12. The fraction of sp³-hybridized carbons (Fsp3) is 0.182. The summed E-state index contributed by atoms with van der Waals surface area (Å²) in [5, 5.41) is 0.725. The van der Waals surface area contributed by atoms with E-state index in [1.807, 2.05) is 0 Å². The van der Waals surface area contributed by atoms with Crippen LogP contribution in [0, 0.1) is 23.3 Å². The summed E-state index contributed by atoms with van der Waals surface area (Å²) in [7, 11) is 0. The molecule has 0 saturated carbocycles. The van der Waals surface area contributed by atoms with Crippen LogP contribution >= 0.6 is 11.8 Å². The largest absolute Gasteiger partial charge is 0.378 e. The number of nitrogens with one attached hydrogen (secondary N) is 1. The summed E-state index contributed by atoms with van der Waals surface area (Å²) in [6.45, 7) is 0. The summed E-state index contributed by atoms with van der Waals surface area (Å²) >= 11 is 0.809. The summed E-state index contributed by atoms with van der Waals surface area (Å²) < 4.78 is 52.6. The van der Waals surface area contributed by atoms with Gasteiger partial charge in [0.05, 0.1) is 0 Å². The lowest BCUT2D eigenvalue weighted by Gasteiger charge is -2.10. The quantitative estimate of drug-likeness (QED) is 0.653. The number of rotatable bonds is 3. The van der Waals surface area contributed by atoms with E-state index in [1.54, 1.807) is 5.32 Å². The van der Waals surface area contributed by atoms with Crippen LogP contribution in [0.1, 0.15) is 6.42 Å². The fourth-order valence-corrected chi connectivity index (χ4v) is 2.40. The van der Waals surface area contributed by atoms with Gasteiger partial charge in [0.1, 0.15) is 10.9 Å². The Morgan fingerprint density at radius 2 is 1.86 bits per heavy atom. The van der Waals surface area contributed by atoms with Crippen LogP contribution in [0.2, 0.25) is 0 Å². The van der Waals surface area contributed by atoms with Gasteiger partial charge in [-0.3, -0.25) is 9.59 Å². The summed E-state index contributed by atoms with van der Waals surface area (Å²) in [4.78, 5) is 26.2. The van der Waals surface area contributed by atoms with Crippen LogP contribution in [0.5, 0.6) is 0 Å². The summed E-state index contributed by atoms with van der Waals surface area (Å²) in [6, 6.07) is 0.0191. The van der Waals surface area contributed by atoms with Gasteiger partial charge in [0.2, 0.25) is 5.91 Å². The predicted octanol–water partition coefficient (Wildman–Crippen LogP) is 1.53. The number of nitrogens with two attached hydrogens (primary N) is 1. The Hall–Kier alpha value is -2.10. The maximum Gasteiger partial charge on any atom is 0.262 e. The highest BCUT2D eigenvalue weighted by molar-refractivity contribution is 8.15. The minimum atomic E-state index is -1.73. The number of amidine groups is 1. The van der Waals surface area contributed by atoms with Gasteiger partial charge in [-0.05, 0) is 0 Å². The Morgan fingerprint density at radius 1 is 1.29 bits per heavy atom. The van der Waals surface area contributed by atoms with Crippen molar-refractivity contribution in [1.82, 2.24) is 0 Å². The molecule has 0 fully saturated rings. The third-order valence-corrected chi connectivity index (χ3v) is 3.49. The lowest BCUT2D eigenvalue weighted by Crippen LogP contribution is -2.23. The molecule has 3 N–H and O–H groups in total. The van der Waals surface area contributed by atoms with Gasteiger partial charge < -0.3 is 11.1 Å². The van der Waals surface area contributed by atoms with Gasteiger partial charge in [0.15, 0.2) is 28.4 Å². The molecule has 5 nitrogen and oxygen atoms in total. The molecule has 2 amide bonds. The maximum atomic E-state index is 13.3. The number of carbonyl (C=O) groups excluding carboxylic acids is 2. The molecule has 10 heteroatoms. The van der Waals surface area contributed by atoms with Crippen molar-refractivity contribution < 1.29 is 27.2 Å². The number of hydrogen-bond acceptors (Lipinski definition) is 4. The Morgan fingerprint density at radius 3 is 2.33 bits per heavy atom. The predicted molar refractivity (Wildman–Crippen MR) is 67.5 cm³/mol. The van der Waals surface area contributed by atoms with E-state index in [0.29, 0.717) is 0 Å². The molecule has 1 aliphatic heterocycles. The van der Waals surface area contributed by atoms with Crippen molar-refractivity contribution in [2.75, 3.05) is 5.32 Å². The minimum Gasteiger partial charge on any atom is -0.378 e. The molecule has 1 heterocycles. The number of amides is 2. The zero-order chi connectivity index (χ0) is 15.7. The molecule has 21 heavy (non-hydrogen) atoms. The van der Waals surface area contributed by atoms with E-state index in [9.17, 15) is 27.2 Å². The number of carbonyl (C=O) groups is 2. The van der Waals surface area contributed by atoms with E-state index in [0.717, 1.165) is 11.8 Å². The molecule has 2 rings (SSSR count). The molecule has 1 aliphatic rings. The zero-order valence-electron chi connectivity index (χ0n) is 10.1. The first-order chi connectivity index (χ1) is 9.79. The molecular weight excluding hydrogens is 314 g/mol. The first kappa shape index (κ1) is 15.3. The van der Waals surface area contributed by atoms with Crippen molar-refractivity contribution in [1.29, 1.82) is 0 Å². The molecule has 112 valence electrons. The number of anilines is 1. The summed E-state index contributed by atoms with van der Waals surface area (Å²) in [5.41, 5.74) is 4.02. The number of aliphatic imine (C=N–C) groups is 1. The number of hydrogen-bond donors (Lipinski definition) is 2. The molecule has 1 aromatic carbocycles. The molecule has 1 aromatic rings. The highest BCUT2D eigenvalue weighted by atomic mass is 32.2. The molecule has 0 unspecified atom stereocenters. The number of nitrogens with zero attached hydrogens (tertiary/aromatic N) is 1. The normalized spacial score (nSPS) is 17.8. The Kier molecular flexibility index (Phi) is 4.16. The molecule has 0 radical (unpaired) electrons. The van der Waals surface area contributed by atoms with Crippen molar-refractivity contribution in [2.45, 2.75) is 11.7 Å². The minimum absolute atomic E-state index is 0.0191. The van der Waals surface area contributed by atoms with Crippen molar-refractivity contribution in [2.24, 2.45) is 10.7 Å². The van der Waals surface area contributed by atoms with E-state index in [1.165, 1.54) is 0 Å².